The molecule has 9 atom stereocenters. The average Bonchev–Trinajstić information content (AvgIpc) is 3.41. The lowest BCUT2D eigenvalue weighted by molar-refractivity contribution is -0.165. The number of fused-ring (bicyclic) bond motifs is 7. The van der Waals surface area contributed by atoms with Gasteiger partial charge in [-0.2, -0.15) is 0 Å². The molecule has 5 aliphatic rings. The molecule has 0 unspecified atom stereocenters. The number of esters is 2. The molecule has 3 saturated carbocycles. The third-order valence-corrected chi connectivity index (χ3v) is 10.4. The Morgan fingerprint density at radius 3 is 2.70 bits per heavy atom. The second kappa shape index (κ2) is 7.55. The highest BCUT2D eigenvalue weighted by Gasteiger charge is 2.82. The lowest BCUT2D eigenvalue weighted by atomic mass is 9.46. The van der Waals surface area contributed by atoms with Gasteiger partial charge in [0.05, 0.1) is 19.1 Å². The van der Waals surface area contributed by atoms with Crippen molar-refractivity contribution in [2.75, 3.05) is 6.61 Å². The van der Waals surface area contributed by atoms with Gasteiger partial charge in [-0.15, -0.1) is 0 Å². The minimum atomic E-state index is -1.23. The van der Waals surface area contributed by atoms with E-state index in [0.717, 1.165) is 44.9 Å². The van der Waals surface area contributed by atoms with Gasteiger partial charge in [0.1, 0.15) is 17.3 Å². The zero-order valence-corrected chi connectivity index (χ0v) is 20.8. The van der Waals surface area contributed by atoms with Gasteiger partial charge in [0, 0.05) is 18.8 Å². The monoisotopic (exact) mass is 460 g/mol. The molecule has 0 spiro atoms. The normalized spacial score (nSPS) is 47.1. The lowest BCUT2D eigenvalue weighted by Crippen LogP contribution is -2.59. The van der Waals surface area contributed by atoms with Gasteiger partial charge in [0.25, 0.3) is 0 Å². The van der Waals surface area contributed by atoms with E-state index in [4.69, 9.17) is 14.2 Å². The standard InChI is InChI=1S/C27H40O6/c1-6-31-23(29)15-26(5,30)27-22(33-27)14-21-19-8-7-17-13-18(32-16(2)28)9-11-24(17,3)20(19)10-12-25(21,27)4/h7,18-22,30H,6,8-15H2,1-5H3/t18-,19-,20+,21-,22+,24-,25-,26+,27+/m0/s1. The van der Waals surface area contributed by atoms with Crippen LogP contribution in [0.3, 0.4) is 0 Å². The second-order valence-electron chi connectivity index (χ2n) is 12.0. The van der Waals surface area contributed by atoms with Crippen molar-refractivity contribution in [2.24, 2.45) is 28.6 Å². The van der Waals surface area contributed by atoms with Gasteiger partial charge < -0.3 is 19.3 Å². The summed E-state index contributed by atoms with van der Waals surface area (Å²) in [5.74, 6) is 1.11. The van der Waals surface area contributed by atoms with Crippen LogP contribution in [0.2, 0.25) is 0 Å². The molecule has 4 aliphatic carbocycles. The highest BCUT2D eigenvalue weighted by molar-refractivity contribution is 5.71. The molecule has 1 aliphatic heterocycles. The molecule has 1 N–H and O–H groups in total. The van der Waals surface area contributed by atoms with Crippen LogP contribution in [0, 0.1) is 28.6 Å². The van der Waals surface area contributed by atoms with Crippen LogP contribution in [-0.4, -0.2) is 47.1 Å². The smallest absolute Gasteiger partial charge is 0.308 e. The van der Waals surface area contributed by atoms with E-state index in [1.807, 2.05) is 0 Å². The molecule has 0 bridgehead atoms. The summed E-state index contributed by atoms with van der Waals surface area (Å²) in [6.45, 7) is 10.1. The largest absolute Gasteiger partial charge is 0.466 e. The predicted molar refractivity (Wildman–Crippen MR) is 122 cm³/mol. The lowest BCUT2D eigenvalue weighted by Gasteiger charge is -2.59. The minimum Gasteiger partial charge on any atom is -0.466 e. The fourth-order valence-corrected chi connectivity index (χ4v) is 9.03. The highest BCUT2D eigenvalue weighted by atomic mass is 16.6. The summed E-state index contributed by atoms with van der Waals surface area (Å²) in [6.07, 6.45) is 9.44. The molecule has 0 aromatic rings. The maximum Gasteiger partial charge on any atom is 0.308 e. The first-order valence-electron chi connectivity index (χ1n) is 12.9. The van der Waals surface area contributed by atoms with Crippen LogP contribution in [-0.2, 0) is 23.8 Å². The molecule has 0 aromatic heterocycles. The van der Waals surface area contributed by atoms with E-state index in [1.54, 1.807) is 13.8 Å². The zero-order chi connectivity index (χ0) is 23.8. The van der Waals surface area contributed by atoms with Gasteiger partial charge in [-0.25, -0.2) is 0 Å². The van der Waals surface area contributed by atoms with Crippen molar-refractivity contribution in [3.05, 3.63) is 11.6 Å². The van der Waals surface area contributed by atoms with Crippen LogP contribution in [0.1, 0.15) is 86.0 Å². The summed E-state index contributed by atoms with van der Waals surface area (Å²) >= 11 is 0. The summed E-state index contributed by atoms with van der Waals surface area (Å²) in [7, 11) is 0. The van der Waals surface area contributed by atoms with Gasteiger partial charge >= 0.3 is 11.9 Å². The van der Waals surface area contributed by atoms with Crippen molar-refractivity contribution in [1.82, 2.24) is 0 Å². The van der Waals surface area contributed by atoms with Gasteiger partial charge in [-0.05, 0) is 75.5 Å². The molecule has 1 heterocycles. The fourth-order valence-electron chi connectivity index (χ4n) is 9.03. The Hall–Kier alpha value is -1.40. The van der Waals surface area contributed by atoms with Crippen molar-refractivity contribution in [2.45, 2.75) is 109 Å². The van der Waals surface area contributed by atoms with Crippen molar-refractivity contribution >= 4 is 11.9 Å². The van der Waals surface area contributed by atoms with Crippen molar-refractivity contribution in [3.8, 4) is 0 Å². The first kappa shape index (κ1) is 23.3. The molecule has 5 rings (SSSR count). The summed E-state index contributed by atoms with van der Waals surface area (Å²) in [5.41, 5.74) is -0.392. The summed E-state index contributed by atoms with van der Waals surface area (Å²) in [4.78, 5) is 23.8. The molecule has 0 radical (unpaired) electrons. The third kappa shape index (κ3) is 3.19. The number of carbonyl (C=O) groups is 2. The molecule has 6 nitrogen and oxygen atoms in total. The Kier molecular flexibility index (Phi) is 5.34. The maximum absolute atomic E-state index is 12.3. The second-order valence-corrected chi connectivity index (χ2v) is 12.0. The summed E-state index contributed by atoms with van der Waals surface area (Å²) < 4.78 is 17.0. The molecule has 33 heavy (non-hydrogen) atoms. The number of ether oxygens (including phenoxy) is 3. The summed E-state index contributed by atoms with van der Waals surface area (Å²) in [6, 6.07) is 0. The van der Waals surface area contributed by atoms with Crippen LogP contribution in [0.4, 0.5) is 0 Å². The van der Waals surface area contributed by atoms with Crippen molar-refractivity contribution in [3.63, 3.8) is 0 Å². The molecule has 0 aromatic carbocycles. The minimum absolute atomic E-state index is 0.0148. The summed E-state index contributed by atoms with van der Waals surface area (Å²) in [5, 5.41) is 11.6. The van der Waals surface area contributed by atoms with Gasteiger partial charge in [-0.3, -0.25) is 9.59 Å². The first-order chi connectivity index (χ1) is 15.5. The zero-order valence-electron chi connectivity index (χ0n) is 20.8. The van der Waals surface area contributed by atoms with Crippen LogP contribution in [0.5, 0.6) is 0 Å². The number of epoxide rings is 1. The van der Waals surface area contributed by atoms with E-state index in [9.17, 15) is 14.7 Å². The van der Waals surface area contributed by atoms with Crippen LogP contribution < -0.4 is 0 Å². The van der Waals surface area contributed by atoms with Gasteiger partial charge in [-0.1, -0.05) is 25.5 Å². The number of hydrogen-bond donors (Lipinski definition) is 1. The average molecular weight is 461 g/mol. The topological polar surface area (TPSA) is 85.4 Å². The van der Waals surface area contributed by atoms with Gasteiger partial charge in [0.15, 0.2) is 0 Å². The number of carbonyl (C=O) groups excluding carboxylic acids is 2. The van der Waals surface area contributed by atoms with E-state index < -0.39 is 11.2 Å². The quantitative estimate of drug-likeness (QED) is 0.373. The SMILES string of the molecule is CCOC(=O)C[C@@](C)(O)[C@@]12O[C@@H]1C[C@H]1[C@H]3CC=C4C[C@@H](OC(C)=O)CC[C@]4(C)[C@@H]3CC[C@@]12C. The number of aliphatic hydroxyl groups is 1. The van der Waals surface area contributed by atoms with E-state index in [-0.39, 0.29) is 41.4 Å². The molecule has 1 saturated heterocycles. The predicted octanol–water partition coefficient (Wildman–Crippen LogP) is 4.33. The number of rotatable bonds is 5. The Morgan fingerprint density at radius 1 is 1.24 bits per heavy atom. The van der Waals surface area contributed by atoms with Crippen LogP contribution in [0.25, 0.3) is 0 Å². The molecule has 0 amide bonds. The Morgan fingerprint density at radius 2 is 2.00 bits per heavy atom. The van der Waals surface area contributed by atoms with E-state index in [2.05, 4.69) is 19.9 Å². The Bertz CT molecular complexity index is 878. The number of allylic oxidation sites excluding steroid dienone is 1. The van der Waals surface area contributed by atoms with E-state index in [0.29, 0.717) is 24.4 Å². The van der Waals surface area contributed by atoms with Crippen molar-refractivity contribution in [1.29, 1.82) is 0 Å². The van der Waals surface area contributed by atoms with E-state index >= 15 is 0 Å². The van der Waals surface area contributed by atoms with Crippen LogP contribution in [0.15, 0.2) is 11.6 Å². The highest BCUT2D eigenvalue weighted by Crippen LogP contribution is 2.75. The fraction of sp³-hybridized carbons (Fsp3) is 0.852. The molecule has 4 fully saturated rings. The molecule has 184 valence electrons. The number of hydrogen-bond acceptors (Lipinski definition) is 6. The van der Waals surface area contributed by atoms with Crippen molar-refractivity contribution < 1.29 is 28.9 Å². The molecular formula is C27H40O6. The maximum atomic E-state index is 12.3. The Labute approximate surface area is 197 Å². The Balaban J connectivity index is 1.39. The van der Waals surface area contributed by atoms with E-state index in [1.165, 1.54) is 12.5 Å². The molecular weight excluding hydrogens is 420 g/mol. The van der Waals surface area contributed by atoms with Gasteiger partial charge in [0.2, 0.25) is 0 Å². The molecule has 6 heteroatoms. The van der Waals surface area contributed by atoms with Crippen LogP contribution >= 0.6 is 0 Å². The third-order valence-electron chi connectivity index (χ3n) is 10.4. The first-order valence-corrected chi connectivity index (χ1v) is 12.9.